The Morgan fingerprint density at radius 1 is 1.35 bits per heavy atom. The molecule has 1 aliphatic rings. The van der Waals surface area contributed by atoms with E-state index in [-0.39, 0.29) is 23.7 Å². The van der Waals surface area contributed by atoms with Gasteiger partial charge in [0.15, 0.2) is 11.6 Å². The Hall–Kier alpha value is -1.13. The van der Waals surface area contributed by atoms with Gasteiger partial charge in [-0.15, -0.1) is 0 Å². The van der Waals surface area contributed by atoms with Gasteiger partial charge in [0.25, 0.3) is 0 Å². The summed E-state index contributed by atoms with van der Waals surface area (Å²) in [5, 5.41) is 0. The van der Waals surface area contributed by atoms with Crippen LogP contribution in [0.4, 0.5) is 4.39 Å². The first-order valence-corrected chi connectivity index (χ1v) is 7.39. The molecule has 2 rings (SSSR count). The van der Waals surface area contributed by atoms with Crippen LogP contribution in [0.3, 0.4) is 0 Å². The topological polar surface area (TPSA) is 38.5 Å². The summed E-state index contributed by atoms with van der Waals surface area (Å²) in [6.07, 6.45) is 3.28. The lowest BCUT2D eigenvalue weighted by molar-refractivity contribution is 0.143. The minimum Gasteiger partial charge on any atom is -0.494 e. The number of rotatable bonds is 3. The third-order valence-corrected chi connectivity index (χ3v) is 4.15. The summed E-state index contributed by atoms with van der Waals surface area (Å²) in [5.74, 6) is -0.0304. The summed E-state index contributed by atoms with van der Waals surface area (Å²) in [4.78, 5) is 2.39. The van der Waals surface area contributed by atoms with Crippen LogP contribution >= 0.6 is 0 Å². The minimum atomic E-state index is -0.315. The molecule has 0 aromatic heterocycles. The first-order valence-electron chi connectivity index (χ1n) is 7.39. The van der Waals surface area contributed by atoms with E-state index in [1.165, 1.54) is 7.11 Å². The molecule has 1 aromatic rings. The zero-order chi connectivity index (χ0) is 14.7. The molecule has 0 amide bonds. The van der Waals surface area contributed by atoms with Gasteiger partial charge in [0.2, 0.25) is 0 Å². The standard InChI is InChI=1S/C16H25FN2O/c1-11(2)19-9-5-4-6-14(18)16(19)12-7-8-15(20-3)13(17)10-12/h7-8,10-11,14,16H,4-6,9,18H2,1-3H3. The second-order valence-electron chi connectivity index (χ2n) is 5.83. The molecule has 1 aromatic carbocycles. The van der Waals surface area contributed by atoms with Crippen LogP contribution in [-0.4, -0.2) is 30.6 Å². The van der Waals surface area contributed by atoms with Crippen molar-refractivity contribution in [1.82, 2.24) is 4.90 Å². The number of nitrogens with zero attached hydrogens (tertiary/aromatic N) is 1. The Labute approximate surface area is 120 Å². The van der Waals surface area contributed by atoms with Gasteiger partial charge in [-0.05, 0) is 50.9 Å². The van der Waals surface area contributed by atoms with Gasteiger partial charge in [0.1, 0.15) is 0 Å². The molecule has 0 spiro atoms. The van der Waals surface area contributed by atoms with Crippen molar-refractivity contribution in [1.29, 1.82) is 0 Å². The molecular weight excluding hydrogens is 255 g/mol. The molecule has 2 atom stereocenters. The van der Waals surface area contributed by atoms with Gasteiger partial charge in [-0.1, -0.05) is 12.5 Å². The number of methoxy groups -OCH3 is 1. The fourth-order valence-electron chi connectivity index (χ4n) is 3.10. The van der Waals surface area contributed by atoms with Gasteiger partial charge >= 0.3 is 0 Å². The lowest BCUT2D eigenvalue weighted by atomic mass is 9.95. The van der Waals surface area contributed by atoms with E-state index in [2.05, 4.69) is 18.7 Å². The highest BCUT2D eigenvalue weighted by Gasteiger charge is 2.30. The average molecular weight is 280 g/mol. The molecule has 2 N–H and O–H groups in total. The van der Waals surface area contributed by atoms with E-state index < -0.39 is 0 Å². The van der Waals surface area contributed by atoms with E-state index in [0.29, 0.717) is 6.04 Å². The van der Waals surface area contributed by atoms with Gasteiger partial charge in [0.05, 0.1) is 13.2 Å². The van der Waals surface area contributed by atoms with E-state index in [9.17, 15) is 4.39 Å². The van der Waals surface area contributed by atoms with Gasteiger partial charge in [-0.2, -0.15) is 0 Å². The molecule has 0 aliphatic carbocycles. The molecule has 4 heteroatoms. The maximum absolute atomic E-state index is 14.0. The quantitative estimate of drug-likeness (QED) is 0.924. The Bertz CT molecular complexity index is 450. The SMILES string of the molecule is COc1ccc(C2C(N)CCCCN2C(C)C)cc1F. The first kappa shape index (κ1) is 15.3. The van der Waals surface area contributed by atoms with Gasteiger partial charge in [0, 0.05) is 12.1 Å². The Kier molecular flexibility index (Phi) is 5.00. The third kappa shape index (κ3) is 3.13. The summed E-state index contributed by atoms with van der Waals surface area (Å²) in [6.45, 7) is 5.36. The predicted molar refractivity (Wildman–Crippen MR) is 79.4 cm³/mol. The van der Waals surface area contributed by atoms with E-state index in [1.54, 1.807) is 12.1 Å². The fraction of sp³-hybridized carbons (Fsp3) is 0.625. The fourth-order valence-corrected chi connectivity index (χ4v) is 3.10. The highest BCUT2D eigenvalue weighted by Crippen LogP contribution is 2.32. The van der Waals surface area contributed by atoms with E-state index in [0.717, 1.165) is 31.4 Å². The van der Waals surface area contributed by atoms with Crippen molar-refractivity contribution >= 4 is 0 Å². The smallest absolute Gasteiger partial charge is 0.165 e. The van der Waals surface area contributed by atoms with Crippen LogP contribution in [0, 0.1) is 5.82 Å². The van der Waals surface area contributed by atoms with Crippen molar-refractivity contribution < 1.29 is 9.13 Å². The van der Waals surface area contributed by atoms with E-state index in [1.807, 2.05) is 6.07 Å². The molecular formula is C16H25FN2O. The number of halogens is 1. The second kappa shape index (κ2) is 6.55. The van der Waals surface area contributed by atoms with Crippen molar-refractivity contribution in [3.63, 3.8) is 0 Å². The molecule has 3 nitrogen and oxygen atoms in total. The molecule has 2 unspecified atom stereocenters. The monoisotopic (exact) mass is 280 g/mol. The normalized spacial score (nSPS) is 24.7. The second-order valence-corrected chi connectivity index (χ2v) is 5.83. The van der Waals surface area contributed by atoms with Crippen LogP contribution in [0.1, 0.15) is 44.7 Å². The van der Waals surface area contributed by atoms with Crippen LogP contribution in [0.5, 0.6) is 5.75 Å². The average Bonchev–Trinajstić information content (AvgIpc) is 2.60. The molecule has 0 bridgehead atoms. The Morgan fingerprint density at radius 2 is 2.10 bits per heavy atom. The summed E-state index contributed by atoms with van der Waals surface area (Å²) >= 11 is 0. The van der Waals surface area contributed by atoms with Crippen molar-refractivity contribution in [3.8, 4) is 5.75 Å². The number of hydrogen-bond acceptors (Lipinski definition) is 3. The van der Waals surface area contributed by atoms with E-state index >= 15 is 0 Å². The lowest BCUT2D eigenvalue weighted by Gasteiger charge is -2.36. The van der Waals surface area contributed by atoms with Gasteiger partial charge in [-0.25, -0.2) is 4.39 Å². The number of hydrogen-bond donors (Lipinski definition) is 1. The molecule has 112 valence electrons. The summed E-state index contributed by atoms with van der Waals surface area (Å²) in [5.41, 5.74) is 7.31. The Balaban J connectivity index is 2.36. The maximum atomic E-state index is 14.0. The van der Waals surface area contributed by atoms with Crippen LogP contribution < -0.4 is 10.5 Å². The van der Waals surface area contributed by atoms with Crippen LogP contribution in [0.15, 0.2) is 18.2 Å². The van der Waals surface area contributed by atoms with Crippen molar-refractivity contribution in [2.75, 3.05) is 13.7 Å². The van der Waals surface area contributed by atoms with Crippen LogP contribution in [-0.2, 0) is 0 Å². The van der Waals surface area contributed by atoms with Crippen molar-refractivity contribution in [2.24, 2.45) is 5.73 Å². The molecule has 20 heavy (non-hydrogen) atoms. The third-order valence-electron chi connectivity index (χ3n) is 4.15. The lowest BCUT2D eigenvalue weighted by Crippen LogP contribution is -2.43. The number of nitrogens with two attached hydrogens (primary N) is 1. The largest absolute Gasteiger partial charge is 0.494 e. The number of benzene rings is 1. The van der Waals surface area contributed by atoms with Crippen molar-refractivity contribution in [3.05, 3.63) is 29.6 Å². The molecule has 0 radical (unpaired) electrons. The maximum Gasteiger partial charge on any atom is 0.165 e. The molecule has 1 saturated heterocycles. The number of ether oxygens (including phenoxy) is 1. The Morgan fingerprint density at radius 3 is 2.70 bits per heavy atom. The van der Waals surface area contributed by atoms with E-state index in [4.69, 9.17) is 10.5 Å². The molecule has 0 saturated carbocycles. The molecule has 1 fully saturated rings. The van der Waals surface area contributed by atoms with Gasteiger partial charge in [-0.3, -0.25) is 4.90 Å². The zero-order valence-corrected chi connectivity index (χ0v) is 12.6. The first-order chi connectivity index (χ1) is 9.54. The van der Waals surface area contributed by atoms with Gasteiger partial charge < -0.3 is 10.5 Å². The number of likely N-dealkylation sites (tertiary alicyclic amines) is 1. The van der Waals surface area contributed by atoms with Crippen molar-refractivity contribution in [2.45, 2.75) is 51.2 Å². The summed E-state index contributed by atoms with van der Waals surface area (Å²) in [6, 6.07) is 5.73. The highest BCUT2D eigenvalue weighted by atomic mass is 19.1. The minimum absolute atomic E-state index is 0.0488. The van der Waals surface area contributed by atoms with Crippen LogP contribution in [0.25, 0.3) is 0 Å². The highest BCUT2D eigenvalue weighted by molar-refractivity contribution is 5.32. The summed E-state index contributed by atoms with van der Waals surface area (Å²) in [7, 11) is 1.48. The summed E-state index contributed by atoms with van der Waals surface area (Å²) < 4.78 is 19.0. The van der Waals surface area contributed by atoms with Crippen LogP contribution in [0.2, 0.25) is 0 Å². The molecule has 1 aliphatic heterocycles. The predicted octanol–water partition coefficient (Wildman–Crippen LogP) is 3.10. The zero-order valence-electron chi connectivity index (χ0n) is 12.6. The molecule has 1 heterocycles.